The first kappa shape index (κ1) is 15.6. The Morgan fingerprint density at radius 1 is 1.57 bits per heavy atom. The van der Waals surface area contributed by atoms with Gasteiger partial charge in [0.05, 0.1) is 24.3 Å². The lowest BCUT2D eigenvalue weighted by atomic mass is 9.82. The fraction of sp³-hybridized carbons (Fsp3) is 0.600. The third-order valence-electron chi connectivity index (χ3n) is 4.01. The Kier molecular flexibility index (Phi) is 4.67. The van der Waals surface area contributed by atoms with Crippen molar-refractivity contribution in [2.75, 3.05) is 19.6 Å². The van der Waals surface area contributed by atoms with Gasteiger partial charge in [0.2, 0.25) is 5.91 Å². The quantitative estimate of drug-likeness (QED) is 0.862. The number of carbonyl (C=O) groups excluding carboxylic acids is 1. The van der Waals surface area contributed by atoms with Crippen molar-refractivity contribution < 1.29 is 19.1 Å². The molecule has 2 heterocycles. The van der Waals surface area contributed by atoms with Gasteiger partial charge in [-0.05, 0) is 45.4 Å². The van der Waals surface area contributed by atoms with E-state index in [1.807, 2.05) is 17.9 Å². The minimum Gasteiger partial charge on any atom is -0.481 e. The zero-order valence-electron chi connectivity index (χ0n) is 12.5. The monoisotopic (exact) mass is 294 g/mol. The molecule has 1 aliphatic rings. The number of likely N-dealkylation sites (tertiary alicyclic amines) is 1. The maximum atomic E-state index is 12.1. The minimum atomic E-state index is -0.795. The SMILES string of the molecule is CC(NC(=O)CN1CCCC(C)(C(=O)O)C1)c1ccco1. The van der Waals surface area contributed by atoms with Gasteiger partial charge in [-0.25, -0.2) is 0 Å². The first-order chi connectivity index (χ1) is 9.90. The standard InChI is InChI=1S/C15H22N2O4/c1-11(12-5-3-8-21-12)16-13(18)9-17-7-4-6-15(2,10-17)14(19)20/h3,5,8,11H,4,6-7,9-10H2,1-2H3,(H,16,18)(H,19,20). The Hall–Kier alpha value is -1.82. The first-order valence-electron chi connectivity index (χ1n) is 7.19. The molecule has 0 radical (unpaired) electrons. The van der Waals surface area contributed by atoms with E-state index in [0.29, 0.717) is 18.7 Å². The summed E-state index contributed by atoms with van der Waals surface area (Å²) in [6.07, 6.45) is 3.02. The maximum Gasteiger partial charge on any atom is 0.310 e. The van der Waals surface area contributed by atoms with Crippen LogP contribution in [0.2, 0.25) is 0 Å². The second-order valence-corrected chi connectivity index (χ2v) is 5.98. The molecule has 2 rings (SSSR count). The zero-order valence-corrected chi connectivity index (χ0v) is 12.5. The Labute approximate surface area is 124 Å². The third-order valence-corrected chi connectivity index (χ3v) is 4.01. The fourth-order valence-corrected chi connectivity index (χ4v) is 2.75. The van der Waals surface area contributed by atoms with Crippen LogP contribution in [0.1, 0.15) is 38.5 Å². The van der Waals surface area contributed by atoms with Gasteiger partial charge in [-0.3, -0.25) is 14.5 Å². The van der Waals surface area contributed by atoms with Crippen LogP contribution in [0.25, 0.3) is 0 Å². The van der Waals surface area contributed by atoms with Crippen LogP contribution >= 0.6 is 0 Å². The summed E-state index contributed by atoms with van der Waals surface area (Å²) in [7, 11) is 0. The molecule has 6 heteroatoms. The number of piperidine rings is 1. The van der Waals surface area contributed by atoms with Crippen molar-refractivity contribution in [1.82, 2.24) is 10.2 Å². The highest BCUT2D eigenvalue weighted by Gasteiger charge is 2.38. The van der Waals surface area contributed by atoms with E-state index >= 15 is 0 Å². The van der Waals surface area contributed by atoms with E-state index < -0.39 is 11.4 Å². The molecule has 1 saturated heterocycles. The van der Waals surface area contributed by atoms with Crippen molar-refractivity contribution >= 4 is 11.9 Å². The van der Waals surface area contributed by atoms with Gasteiger partial charge in [0.25, 0.3) is 0 Å². The lowest BCUT2D eigenvalue weighted by molar-refractivity contribution is -0.151. The van der Waals surface area contributed by atoms with Crippen molar-refractivity contribution in [2.24, 2.45) is 5.41 Å². The molecule has 0 aliphatic carbocycles. The van der Waals surface area contributed by atoms with E-state index in [4.69, 9.17) is 4.42 Å². The van der Waals surface area contributed by atoms with Crippen LogP contribution in [0, 0.1) is 5.41 Å². The topological polar surface area (TPSA) is 82.8 Å². The molecule has 0 bridgehead atoms. The largest absolute Gasteiger partial charge is 0.481 e. The van der Waals surface area contributed by atoms with Gasteiger partial charge in [0.1, 0.15) is 5.76 Å². The molecule has 1 amide bonds. The summed E-state index contributed by atoms with van der Waals surface area (Å²) in [5.41, 5.74) is -0.759. The van der Waals surface area contributed by atoms with Crippen LogP contribution in [0.4, 0.5) is 0 Å². The van der Waals surface area contributed by atoms with Crippen molar-refractivity contribution in [1.29, 1.82) is 0 Å². The number of nitrogens with one attached hydrogen (secondary N) is 1. The Morgan fingerprint density at radius 2 is 2.33 bits per heavy atom. The molecular weight excluding hydrogens is 272 g/mol. The molecule has 21 heavy (non-hydrogen) atoms. The number of hydrogen-bond donors (Lipinski definition) is 2. The zero-order chi connectivity index (χ0) is 15.5. The highest BCUT2D eigenvalue weighted by Crippen LogP contribution is 2.29. The number of hydrogen-bond acceptors (Lipinski definition) is 4. The second-order valence-electron chi connectivity index (χ2n) is 5.98. The number of amides is 1. The number of carbonyl (C=O) groups is 2. The molecular formula is C15H22N2O4. The highest BCUT2D eigenvalue weighted by molar-refractivity contribution is 5.79. The highest BCUT2D eigenvalue weighted by atomic mass is 16.4. The normalized spacial score (nSPS) is 24.5. The summed E-state index contributed by atoms with van der Waals surface area (Å²) in [6, 6.07) is 3.40. The molecule has 2 N–H and O–H groups in total. The van der Waals surface area contributed by atoms with Crippen LogP contribution < -0.4 is 5.32 Å². The molecule has 1 fully saturated rings. The Balaban J connectivity index is 1.86. The van der Waals surface area contributed by atoms with Crippen molar-refractivity contribution in [3.05, 3.63) is 24.2 Å². The van der Waals surface area contributed by atoms with Crippen LogP contribution in [0.3, 0.4) is 0 Å². The average molecular weight is 294 g/mol. The summed E-state index contributed by atoms with van der Waals surface area (Å²) in [5.74, 6) is -0.206. The molecule has 2 atom stereocenters. The van der Waals surface area contributed by atoms with Gasteiger partial charge in [0.15, 0.2) is 0 Å². The van der Waals surface area contributed by atoms with Gasteiger partial charge in [0, 0.05) is 6.54 Å². The Bertz CT molecular complexity index is 500. The van der Waals surface area contributed by atoms with E-state index in [-0.39, 0.29) is 18.5 Å². The predicted molar refractivity (Wildman–Crippen MR) is 76.7 cm³/mol. The van der Waals surface area contributed by atoms with Crippen molar-refractivity contribution in [3.8, 4) is 0 Å². The van der Waals surface area contributed by atoms with Crippen molar-refractivity contribution in [2.45, 2.75) is 32.7 Å². The average Bonchev–Trinajstić information content (AvgIpc) is 2.92. The van der Waals surface area contributed by atoms with Crippen LogP contribution in [0.5, 0.6) is 0 Å². The van der Waals surface area contributed by atoms with Gasteiger partial charge in [-0.2, -0.15) is 0 Å². The Morgan fingerprint density at radius 3 is 2.95 bits per heavy atom. The first-order valence-corrected chi connectivity index (χ1v) is 7.19. The molecule has 0 spiro atoms. The molecule has 116 valence electrons. The minimum absolute atomic E-state index is 0.117. The summed E-state index contributed by atoms with van der Waals surface area (Å²) >= 11 is 0. The van der Waals surface area contributed by atoms with Gasteiger partial charge < -0.3 is 14.8 Å². The van der Waals surface area contributed by atoms with E-state index in [0.717, 1.165) is 13.0 Å². The molecule has 6 nitrogen and oxygen atoms in total. The van der Waals surface area contributed by atoms with Gasteiger partial charge in [-0.15, -0.1) is 0 Å². The summed E-state index contributed by atoms with van der Waals surface area (Å²) in [5, 5.41) is 12.1. The number of carboxylic acids is 1. The second kappa shape index (κ2) is 6.30. The van der Waals surface area contributed by atoms with Gasteiger partial charge >= 0.3 is 5.97 Å². The number of aliphatic carboxylic acids is 1. The van der Waals surface area contributed by atoms with E-state index in [2.05, 4.69) is 5.32 Å². The summed E-state index contributed by atoms with van der Waals surface area (Å²) in [6.45, 7) is 4.98. The molecule has 2 unspecified atom stereocenters. The number of furan rings is 1. The van der Waals surface area contributed by atoms with Crippen molar-refractivity contribution in [3.63, 3.8) is 0 Å². The van der Waals surface area contributed by atoms with Crippen LogP contribution in [0.15, 0.2) is 22.8 Å². The molecule has 1 aromatic heterocycles. The predicted octanol–water partition coefficient (Wildman–Crippen LogP) is 1.64. The summed E-state index contributed by atoms with van der Waals surface area (Å²) < 4.78 is 5.24. The molecule has 1 aromatic rings. The van der Waals surface area contributed by atoms with E-state index in [9.17, 15) is 14.7 Å². The van der Waals surface area contributed by atoms with Crippen LogP contribution in [-0.2, 0) is 9.59 Å². The van der Waals surface area contributed by atoms with Crippen LogP contribution in [-0.4, -0.2) is 41.5 Å². The lowest BCUT2D eigenvalue weighted by Crippen LogP contribution is -2.49. The molecule has 0 saturated carbocycles. The van der Waals surface area contributed by atoms with E-state index in [1.165, 1.54) is 0 Å². The fourth-order valence-electron chi connectivity index (χ4n) is 2.75. The maximum absolute atomic E-state index is 12.1. The lowest BCUT2D eigenvalue weighted by Gasteiger charge is -2.37. The molecule has 1 aliphatic heterocycles. The van der Waals surface area contributed by atoms with E-state index in [1.54, 1.807) is 19.3 Å². The number of rotatable bonds is 5. The number of nitrogens with zero attached hydrogens (tertiary/aromatic N) is 1. The third kappa shape index (κ3) is 3.85. The smallest absolute Gasteiger partial charge is 0.310 e. The number of carboxylic acid groups (broad SMARTS) is 1. The van der Waals surface area contributed by atoms with Gasteiger partial charge in [-0.1, -0.05) is 0 Å². The summed E-state index contributed by atoms with van der Waals surface area (Å²) in [4.78, 5) is 25.3. The molecule has 0 aromatic carbocycles.